The van der Waals surface area contributed by atoms with E-state index in [0.29, 0.717) is 11.5 Å². The van der Waals surface area contributed by atoms with Crippen molar-refractivity contribution in [2.45, 2.75) is 71.2 Å². The molecule has 4 nitrogen and oxygen atoms in total. The molecular weight excluding hydrogens is 376 g/mol. The van der Waals surface area contributed by atoms with Gasteiger partial charge in [0.15, 0.2) is 6.29 Å². The minimum Gasteiger partial charge on any atom is -0.478 e. The smallest absolute Gasteiger partial charge is 0.335 e. The highest BCUT2D eigenvalue weighted by atomic mass is 16.7. The summed E-state index contributed by atoms with van der Waals surface area (Å²) in [5.41, 5.74) is 3.35. The van der Waals surface area contributed by atoms with Crippen LogP contribution in [0.25, 0.3) is 11.1 Å². The van der Waals surface area contributed by atoms with Gasteiger partial charge in [0.05, 0.1) is 18.3 Å². The van der Waals surface area contributed by atoms with Gasteiger partial charge in [0.25, 0.3) is 0 Å². The molecule has 0 amide bonds. The first-order valence-corrected chi connectivity index (χ1v) is 11.3. The average molecular weight is 411 g/mol. The summed E-state index contributed by atoms with van der Waals surface area (Å²) in [6.07, 6.45) is 8.95. The molecule has 1 N–H and O–H groups in total. The Morgan fingerprint density at radius 3 is 2.13 bits per heavy atom. The Balaban J connectivity index is 1.49. The highest BCUT2D eigenvalue weighted by Gasteiger charge is 2.29. The fraction of sp³-hybridized carbons (Fsp3) is 0.500. The van der Waals surface area contributed by atoms with Crippen LogP contribution in [0.1, 0.15) is 81.0 Å². The van der Waals surface area contributed by atoms with Crippen molar-refractivity contribution >= 4 is 5.97 Å². The van der Waals surface area contributed by atoms with Crippen LogP contribution in [0, 0.1) is 5.92 Å². The molecule has 162 valence electrons. The lowest BCUT2D eigenvalue weighted by Gasteiger charge is -2.35. The lowest BCUT2D eigenvalue weighted by atomic mass is 9.95. The molecule has 1 heterocycles. The van der Waals surface area contributed by atoms with Gasteiger partial charge in [-0.15, -0.1) is 0 Å². The van der Waals surface area contributed by atoms with Crippen LogP contribution >= 0.6 is 0 Å². The maximum absolute atomic E-state index is 11.0. The van der Waals surface area contributed by atoms with E-state index in [1.807, 2.05) is 36.4 Å². The third-order valence-electron chi connectivity index (χ3n) is 6.04. The molecule has 1 aliphatic rings. The van der Waals surface area contributed by atoms with Crippen molar-refractivity contribution in [3.63, 3.8) is 0 Å². The standard InChI is InChI=1S/C26H34O4/c1-3-4-5-6-7-8-9-24-18-29-26(30-19(24)2)23-16-12-21(13-17-23)20-10-14-22(15-11-20)25(27)28/h10-17,19,24,26H,3-9,18H2,1-2H3,(H,27,28). The molecule has 3 unspecified atom stereocenters. The van der Waals surface area contributed by atoms with E-state index in [0.717, 1.165) is 23.3 Å². The summed E-state index contributed by atoms with van der Waals surface area (Å²) >= 11 is 0. The topological polar surface area (TPSA) is 55.8 Å². The van der Waals surface area contributed by atoms with Gasteiger partial charge in [-0.05, 0) is 36.6 Å². The molecule has 3 rings (SSSR count). The molecule has 2 aromatic rings. The van der Waals surface area contributed by atoms with E-state index in [1.165, 1.54) is 44.9 Å². The predicted octanol–water partition coefficient (Wildman–Crippen LogP) is 6.85. The quantitative estimate of drug-likeness (QED) is 0.435. The van der Waals surface area contributed by atoms with Gasteiger partial charge in [-0.3, -0.25) is 0 Å². The maximum Gasteiger partial charge on any atom is 0.335 e. The minimum absolute atomic E-state index is 0.197. The van der Waals surface area contributed by atoms with Gasteiger partial charge in [0.2, 0.25) is 0 Å². The normalized spacial score (nSPS) is 21.5. The number of rotatable bonds is 10. The second-order valence-corrected chi connectivity index (χ2v) is 8.33. The molecule has 0 radical (unpaired) electrons. The number of ether oxygens (including phenoxy) is 2. The maximum atomic E-state index is 11.0. The summed E-state index contributed by atoms with van der Waals surface area (Å²) in [7, 11) is 0. The van der Waals surface area contributed by atoms with Crippen LogP contribution in [0.15, 0.2) is 48.5 Å². The van der Waals surface area contributed by atoms with Gasteiger partial charge >= 0.3 is 5.97 Å². The zero-order valence-corrected chi connectivity index (χ0v) is 18.2. The van der Waals surface area contributed by atoms with Gasteiger partial charge < -0.3 is 14.6 Å². The van der Waals surface area contributed by atoms with Crippen molar-refractivity contribution in [3.8, 4) is 11.1 Å². The zero-order valence-electron chi connectivity index (χ0n) is 18.2. The Hall–Kier alpha value is -2.17. The van der Waals surface area contributed by atoms with Crippen LogP contribution in [-0.2, 0) is 9.47 Å². The van der Waals surface area contributed by atoms with Gasteiger partial charge in [-0.1, -0.05) is 81.8 Å². The molecule has 2 aromatic carbocycles. The molecule has 0 saturated carbocycles. The van der Waals surface area contributed by atoms with E-state index >= 15 is 0 Å². The molecular formula is C26H34O4. The van der Waals surface area contributed by atoms with E-state index in [9.17, 15) is 4.79 Å². The molecule has 0 bridgehead atoms. The van der Waals surface area contributed by atoms with E-state index in [2.05, 4.69) is 13.8 Å². The van der Waals surface area contributed by atoms with Crippen LogP contribution in [0.4, 0.5) is 0 Å². The Morgan fingerprint density at radius 1 is 0.933 bits per heavy atom. The van der Waals surface area contributed by atoms with Gasteiger partial charge in [-0.2, -0.15) is 0 Å². The van der Waals surface area contributed by atoms with E-state index in [-0.39, 0.29) is 12.4 Å². The van der Waals surface area contributed by atoms with Crippen LogP contribution < -0.4 is 0 Å². The Kier molecular flexibility index (Phi) is 8.47. The number of carboxylic acid groups (broad SMARTS) is 1. The molecule has 3 atom stereocenters. The fourth-order valence-electron chi connectivity index (χ4n) is 4.01. The Labute approximate surface area is 180 Å². The van der Waals surface area contributed by atoms with Crippen LogP contribution in [-0.4, -0.2) is 23.8 Å². The summed E-state index contributed by atoms with van der Waals surface area (Å²) in [5, 5.41) is 9.03. The number of carbonyl (C=O) groups is 1. The highest BCUT2D eigenvalue weighted by molar-refractivity contribution is 5.88. The zero-order chi connectivity index (χ0) is 21.3. The van der Waals surface area contributed by atoms with Crippen molar-refractivity contribution in [2.75, 3.05) is 6.61 Å². The van der Waals surface area contributed by atoms with E-state index in [1.54, 1.807) is 12.1 Å². The lowest BCUT2D eigenvalue weighted by Crippen LogP contribution is -2.34. The van der Waals surface area contributed by atoms with Crippen molar-refractivity contribution in [1.82, 2.24) is 0 Å². The monoisotopic (exact) mass is 410 g/mol. The van der Waals surface area contributed by atoms with Crippen LogP contribution in [0.2, 0.25) is 0 Å². The summed E-state index contributed by atoms with van der Waals surface area (Å²) in [6, 6.07) is 15.1. The van der Waals surface area contributed by atoms with Crippen molar-refractivity contribution < 1.29 is 19.4 Å². The summed E-state index contributed by atoms with van der Waals surface area (Å²) in [6.45, 7) is 5.16. The molecule has 0 spiro atoms. The molecule has 30 heavy (non-hydrogen) atoms. The molecule has 1 aliphatic heterocycles. The third kappa shape index (κ3) is 6.16. The first kappa shape index (κ1) is 22.5. The van der Waals surface area contributed by atoms with E-state index < -0.39 is 5.97 Å². The largest absolute Gasteiger partial charge is 0.478 e. The molecule has 1 fully saturated rings. The van der Waals surface area contributed by atoms with Gasteiger partial charge in [-0.25, -0.2) is 4.79 Å². The van der Waals surface area contributed by atoms with Crippen LogP contribution in [0.3, 0.4) is 0 Å². The summed E-state index contributed by atoms with van der Waals surface area (Å²) < 4.78 is 12.2. The number of unbranched alkanes of at least 4 members (excludes halogenated alkanes) is 5. The molecule has 1 saturated heterocycles. The molecule has 0 aromatic heterocycles. The second-order valence-electron chi connectivity index (χ2n) is 8.33. The molecule has 4 heteroatoms. The Bertz CT molecular complexity index is 782. The summed E-state index contributed by atoms with van der Waals surface area (Å²) in [4.78, 5) is 11.0. The fourth-order valence-corrected chi connectivity index (χ4v) is 4.01. The third-order valence-corrected chi connectivity index (χ3v) is 6.04. The number of benzene rings is 2. The highest BCUT2D eigenvalue weighted by Crippen LogP contribution is 2.32. The van der Waals surface area contributed by atoms with Gasteiger partial charge in [0.1, 0.15) is 0 Å². The Morgan fingerprint density at radius 2 is 1.53 bits per heavy atom. The first-order valence-electron chi connectivity index (χ1n) is 11.3. The number of aromatic carboxylic acids is 1. The first-order chi connectivity index (χ1) is 14.6. The number of carboxylic acids is 1. The predicted molar refractivity (Wildman–Crippen MR) is 120 cm³/mol. The number of hydrogen-bond donors (Lipinski definition) is 1. The minimum atomic E-state index is -0.910. The van der Waals surface area contributed by atoms with Crippen molar-refractivity contribution in [3.05, 3.63) is 59.7 Å². The average Bonchev–Trinajstić information content (AvgIpc) is 2.77. The second kappa shape index (κ2) is 11.3. The van der Waals surface area contributed by atoms with E-state index in [4.69, 9.17) is 14.6 Å². The van der Waals surface area contributed by atoms with Crippen molar-refractivity contribution in [1.29, 1.82) is 0 Å². The summed E-state index contributed by atoms with van der Waals surface area (Å²) in [5.74, 6) is -0.438. The SMILES string of the molecule is CCCCCCCCC1COC(c2ccc(-c3ccc(C(=O)O)cc3)cc2)OC1C. The van der Waals surface area contributed by atoms with Gasteiger partial charge in [0, 0.05) is 11.5 Å². The molecule has 0 aliphatic carbocycles. The number of hydrogen-bond acceptors (Lipinski definition) is 3. The van der Waals surface area contributed by atoms with Crippen molar-refractivity contribution in [2.24, 2.45) is 5.92 Å². The lowest BCUT2D eigenvalue weighted by molar-refractivity contribution is -0.237. The van der Waals surface area contributed by atoms with Crippen LogP contribution in [0.5, 0.6) is 0 Å².